The molecule has 1 atom stereocenters. The molecule has 3 aliphatic rings. The highest BCUT2D eigenvalue weighted by Crippen LogP contribution is 2.38. The lowest BCUT2D eigenvalue weighted by Gasteiger charge is -2.37. The van der Waals surface area contributed by atoms with Gasteiger partial charge in [-0.3, -0.25) is 0 Å². The van der Waals surface area contributed by atoms with Crippen LogP contribution in [0.3, 0.4) is 0 Å². The summed E-state index contributed by atoms with van der Waals surface area (Å²) in [6, 6.07) is 6.22. The molecular formula is C27H28F4O2. The third-order valence-electron chi connectivity index (χ3n) is 7.49. The monoisotopic (exact) mass is 460 g/mol. The van der Waals surface area contributed by atoms with Crippen LogP contribution in [0.4, 0.5) is 17.6 Å². The Bertz CT molecular complexity index is 1010. The molecule has 1 saturated carbocycles. The fraction of sp³-hybridized carbons (Fsp3) is 0.481. The Morgan fingerprint density at radius 3 is 1.97 bits per heavy atom. The van der Waals surface area contributed by atoms with Crippen LogP contribution in [-0.4, -0.2) is 19.5 Å². The minimum absolute atomic E-state index is 0.0318. The van der Waals surface area contributed by atoms with E-state index in [0.29, 0.717) is 5.92 Å². The molecule has 0 amide bonds. The van der Waals surface area contributed by atoms with Crippen LogP contribution in [-0.2, 0) is 9.47 Å². The summed E-state index contributed by atoms with van der Waals surface area (Å²) in [5, 5.41) is 0. The van der Waals surface area contributed by atoms with Gasteiger partial charge in [-0.05, 0) is 60.1 Å². The maximum absolute atomic E-state index is 14.8. The third kappa shape index (κ3) is 4.73. The van der Waals surface area contributed by atoms with E-state index in [1.807, 2.05) is 0 Å². The van der Waals surface area contributed by atoms with E-state index in [9.17, 15) is 17.6 Å². The quantitative estimate of drug-likeness (QED) is 0.353. The summed E-state index contributed by atoms with van der Waals surface area (Å²) < 4.78 is 67.3. The molecule has 6 heteroatoms. The molecule has 1 unspecified atom stereocenters. The van der Waals surface area contributed by atoms with Gasteiger partial charge in [0.05, 0.1) is 13.2 Å². The van der Waals surface area contributed by atoms with E-state index in [1.165, 1.54) is 37.8 Å². The molecule has 0 N–H and O–H groups in total. The van der Waals surface area contributed by atoms with Crippen molar-refractivity contribution < 1.29 is 27.0 Å². The molecule has 1 saturated heterocycles. The van der Waals surface area contributed by atoms with Gasteiger partial charge in [0.25, 0.3) is 0 Å². The minimum Gasteiger partial charge on any atom is -0.352 e. The predicted molar refractivity (Wildman–Crippen MR) is 118 cm³/mol. The van der Waals surface area contributed by atoms with Crippen molar-refractivity contribution in [2.75, 3.05) is 13.2 Å². The fourth-order valence-corrected chi connectivity index (χ4v) is 5.53. The number of hydrogen-bond donors (Lipinski definition) is 0. The molecule has 33 heavy (non-hydrogen) atoms. The Morgan fingerprint density at radius 1 is 0.697 bits per heavy atom. The second-order valence-electron chi connectivity index (χ2n) is 9.55. The van der Waals surface area contributed by atoms with Crippen LogP contribution >= 0.6 is 0 Å². The lowest BCUT2D eigenvalue weighted by Crippen LogP contribution is -2.39. The predicted octanol–water partition coefficient (Wildman–Crippen LogP) is 7.27. The van der Waals surface area contributed by atoms with Crippen molar-refractivity contribution in [3.8, 4) is 11.1 Å². The highest BCUT2D eigenvalue weighted by molar-refractivity contribution is 5.71. The molecule has 2 fully saturated rings. The summed E-state index contributed by atoms with van der Waals surface area (Å²) in [5.41, 5.74) is 1.78. The third-order valence-corrected chi connectivity index (χ3v) is 7.49. The van der Waals surface area contributed by atoms with Crippen molar-refractivity contribution in [2.24, 2.45) is 17.8 Å². The standard InChI is InChI=1S/C27H28F4O2/c28-23-11-19(9-10-22(23)20-12-24(29)26(31)25(30)13-20)17-5-7-18(8-6-17)27-32-14-21(15-33-27)16-3-1-2-4-16/h5,9-13,16,18,21,27H,1-4,6-8,14-15H2. The zero-order valence-electron chi connectivity index (χ0n) is 18.5. The molecule has 176 valence electrons. The van der Waals surface area contributed by atoms with E-state index >= 15 is 0 Å². The first-order valence-electron chi connectivity index (χ1n) is 11.9. The fourth-order valence-electron chi connectivity index (χ4n) is 5.53. The van der Waals surface area contributed by atoms with Crippen LogP contribution < -0.4 is 0 Å². The first-order chi connectivity index (χ1) is 16.0. The molecule has 2 aliphatic carbocycles. The summed E-state index contributed by atoms with van der Waals surface area (Å²) in [7, 11) is 0. The van der Waals surface area contributed by atoms with E-state index in [1.54, 1.807) is 6.07 Å². The van der Waals surface area contributed by atoms with Gasteiger partial charge in [0, 0.05) is 17.4 Å². The zero-order chi connectivity index (χ0) is 22.9. The first kappa shape index (κ1) is 22.6. The maximum atomic E-state index is 14.8. The van der Waals surface area contributed by atoms with Gasteiger partial charge in [0.15, 0.2) is 23.7 Å². The smallest absolute Gasteiger partial charge is 0.194 e. The SMILES string of the molecule is Fc1cc(C2=CCC(C3OCC(C4CCCC4)CO3)CC2)ccc1-c1cc(F)c(F)c(F)c1. The Balaban J connectivity index is 1.23. The van der Waals surface area contributed by atoms with Crippen LogP contribution in [0.15, 0.2) is 36.4 Å². The summed E-state index contributed by atoms with van der Waals surface area (Å²) in [4.78, 5) is 0. The van der Waals surface area contributed by atoms with E-state index < -0.39 is 23.3 Å². The molecule has 1 heterocycles. The molecule has 2 aromatic carbocycles. The highest BCUT2D eigenvalue weighted by Gasteiger charge is 2.34. The summed E-state index contributed by atoms with van der Waals surface area (Å²) in [6.45, 7) is 1.55. The van der Waals surface area contributed by atoms with Crippen molar-refractivity contribution >= 4 is 5.57 Å². The lowest BCUT2D eigenvalue weighted by molar-refractivity contribution is -0.231. The van der Waals surface area contributed by atoms with Crippen LogP contribution in [0.25, 0.3) is 16.7 Å². The summed E-state index contributed by atoms with van der Waals surface area (Å²) in [5.74, 6) is -3.29. The molecule has 2 aromatic rings. The van der Waals surface area contributed by atoms with E-state index in [4.69, 9.17) is 9.47 Å². The largest absolute Gasteiger partial charge is 0.352 e. The average Bonchev–Trinajstić information content (AvgIpc) is 3.37. The maximum Gasteiger partial charge on any atom is 0.194 e. The van der Waals surface area contributed by atoms with Crippen LogP contribution in [0.2, 0.25) is 0 Å². The zero-order valence-corrected chi connectivity index (χ0v) is 18.5. The molecule has 0 radical (unpaired) electrons. The molecule has 0 bridgehead atoms. The Kier molecular flexibility index (Phi) is 6.57. The summed E-state index contributed by atoms with van der Waals surface area (Å²) in [6.07, 6.45) is 9.61. The van der Waals surface area contributed by atoms with Crippen LogP contribution in [0.5, 0.6) is 0 Å². The Hall–Kier alpha value is -2.18. The van der Waals surface area contributed by atoms with Crippen molar-refractivity contribution in [3.05, 3.63) is 65.2 Å². The normalized spacial score (nSPS) is 26.4. The number of halogens is 4. The van der Waals surface area contributed by atoms with E-state index in [2.05, 4.69) is 6.08 Å². The van der Waals surface area contributed by atoms with Crippen molar-refractivity contribution in [1.82, 2.24) is 0 Å². The van der Waals surface area contributed by atoms with Gasteiger partial charge in [0.2, 0.25) is 0 Å². The number of ether oxygens (including phenoxy) is 2. The molecule has 5 rings (SSSR count). The highest BCUT2D eigenvalue weighted by atomic mass is 19.2. The van der Waals surface area contributed by atoms with Crippen LogP contribution in [0.1, 0.15) is 50.5 Å². The number of allylic oxidation sites excluding steroid dienone is 2. The van der Waals surface area contributed by atoms with Crippen molar-refractivity contribution in [3.63, 3.8) is 0 Å². The second-order valence-corrected chi connectivity index (χ2v) is 9.55. The minimum atomic E-state index is -1.56. The molecule has 1 aliphatic heterocycles. The van der Waals surface area contributed by atoms with Gasteiger partial charge >= 0.3 is 0 Å². The number of hydrogen-bond acceptors (Lipinski definition) is 2. The molecule has 0 spiro atoms. The van der Waals surface area contributed by atoms with E-state index in [-0.39, 0.29) is 23.3 Å². The number of benzene rings is 2. The van der Waals surface area contributed by atoms with Gasteiger partial charge in [-0.25, -0.2) is 17.6 Å². The Morgan fingerprint density at radius 2 is 1.36 bits per heavy atom. The summed E-state index contributed by atoms with van der Waals surface area (Å²) >= 11 is 0. The second kappa shape index (κ2) is 9.59. The van der Waals surface area contributed by atoms with Gasteiger partial charge < -0.3 is 9.47 Å². The first-order valence-corrected chi connectivity index (χ1v) is 11.9. The van der Waals surface area contributed by atoms with Gasteiger partial charge in [-0.15, -0.1) is 0 Å². The molecule has 2 nitrogen and oxygen atoms in total. The van der Waals surface area contributed by atoms with Gasteiger partial charge in [-0.2, -0.15) is 0 Å². The van der Waals surface area contributed by atoms with Crippen LogP contribution in [0, 0.1) is 41.0 Å². The molecule has 0 aromatic heterocycles. The Labute approximate surface area is 191 Å². The lowest BCUT2D eigenvalue weighted by atomic mass is 9.85. The van der Waals surface area contributed by atoms with Gasteiger partial charge in [0.1, 0.15) is 5.82 Å². The van der Waals surface area contributed by atoms with Gasteiger partial charge in [-0.1, -0.05) is 43.9 Å². The van der Waals surface area contributed by atoms with Crippen molar-refractivity contribution in [1.29, 1.82) is 0 Å². The van der Waals surface area contributed by atoms with Crippen molar-refractivity contribution in [2.45, 2.75) is 51.2 Å². The average molecular weight is 461 g/mol. The number of rotatable bonds is 4. The topological polar surface area (TPSA) is 18.5 Å². The molecular weight excluding hydrogens is 432 g/mol. The van der Waals surface area contributed by atoms with E-state index in [0.717, 1.165) is 61.7 Å².